The first kappa shape index (κ1) is 10.4. The molecule has 0 fully saturated rings. The fraction of sp³-hybridized carbons (Fsp3) is 0.167. The van der Waals surface area contributed by atoms with Gasteiger partial charge in [-0.3, -0.25) is 14.3 Å². The third-order valence-electron chi connectivity index (χ3n) is 2.36. The number of hydrogen-bond acceptors (Lipinski definition) is 3. The van der Waals surface area contributed by atoms with E-state index in [1.165, 1.54) is 0 Å². The van der Waals surface area contributed by atoms with Crippen molar-refractivity contribution < 1.29 is 0 Å². The molecule has 2 aromatic heterocycles. The van der Waals surface area contributed by atoms with Gasteiger partial charge in [0.15, 0.2) is 0 Å². The van der Waals surface area contributed by atoms with Crippen LogP contribution in [0.1, 0.15) is 5.56 Å². The number of pyridine rings is 2. The molecule has 0 radical (unpaired) electrons. The lowest BCUT2D eigenvalue weighted by Crippen LogP contribution is -2.20. The predicted molar refractivity (Wildman–Crippen MR) is 64.1 cm³/mol. The van der Waals surface area contributed by atoms with Crippen LogP contribution in [-0.4, -0.2) is 16.6 Å². The Morgan fingerprint density at radius 1 is 1.38 bits per heavy atom. The Balaban J connectivity index is 2.61. The van der Waals surface area contributed by atoms with E-state index in [0.717, 1.165) is 11.3 Å². The molecule has 1 N–H and O–H groups in total. The number of hydrogen-bond donors (Lipinski definition) is 1. The van der Waals surface area contributed by atoms with Crippen molar-refractivity contribution in [3.8, 4) is 5.69 Å². The summed E-state index contributed by atoms with van der Waals surface area (Å²) >= 11 is 0. The monoisotopic (exact) mass is 215 g/mol. The van der Waals surface area contributed by atoms with Gasteiger partial charge in [-0.05, 0) is 30.7 Å². The minimum Gasteiger partial charge on any atom is -0.384 e. The summed E-state index contributed by atoms with van der Waals surface area (Å²) in [5, 5.41) is 2.87. The average Bonchev–Trinajstić information content (AvgIpc) is 2.29. The smallest absolute Gasteiger partial charge is 0.278 e. The van der Waals surface area contributed by atoms with Crippen molar-refractivity contribution in [3.05, 3.63) is 52.7 Å². The average molecular weight is 215 g/mol. The molecule has 0 bridgehead atoms. The lowest BCUT2D eigenvalue weighted by molar-refractivity contribution is 0.975. The van der Waals surface area contributed by atoms with Gasteiger partial charge < -0.3 is 5.32 Å². The lowest BCUT2D eigenvalue weighted by Gasteiger charge is -2.07. The normalized spacial score (nSPS) is 10.1. The summed E-state index contributed by atoms with van der Waals surface area (Å²) in [6.07, 6.45) is 5.17. The summed E-state index contributed by atoms with van der Waals surface area (Å²) in [6, 6.07) is 5.51. The van der Waals surface area contributed by atoms with Crippen LogP contribution in [0.25, 0.3) is 5.69 Å². The molecule has 0 atom stereocenters. The van der Waals surface area contributed by atoms with Gasteiger partial charge in [-0.1, -0.05) is 0 Å². The maximum absolute atomic E-state index is 12.0. The maximum atomic E-state index is 12.0. The molecule has 0 unspecified atom stereocenters. The van der Waals surface area contributed by atoms with Crippen molar-refractivity contribution >= 4 is 5.69 Å². The van der Waals surface area contributed by atoms with Gasteiger partial charge in [-0.25, -0.2) is 0 Å². The zero-order valence-electron chi connectivity index (χ0n) is 9.27. The molecule has 82 valence electrons. The number of rotatable bonds is 2. The van der Waals surface area contributed by atoms with Crippen LogP contribution in [0.4, 0.5) is 5.69 Å². The Hall–Kier alpha value is -2.10. The number of aryl methyl sites for hydroxylation is 1. The van der Waals surface area contributed by atoms with Crippen LogP contribution < -0.4 is 10.9 Å². The highest BCUT2D eigenvalue weighted by Gasteiger charge is 2.03. The van der Waals surface area contributed by atoms with E-state index in [-0.39, 0.29) is 5.56 Å². The van der Waals surface area contributed by atoms with Crippen LogP contribution in [0.3, 0.4) is 0 Å². The van der Waals surface area contributed by atoms with E-state index in [9.17, 15) is 4.79 Å². The zero-order chi connectivity index (χ0) is 11.5. The molecule has 0 amide bonds. The minimum absolute atomic E-state index is 0.0719. The summed E-state index contributed by atoms with van der Waals surface area (Å²) in [5.41, 5.74) is 2.31. The summed E-state index contributed by atoms with van der Waals surface area (Å²) in [6.45, 7) is 1.95. The Bertz CT molecular complexity index is 560. The zero-order valence-corrected chi connectivity index (χ0v) is 9.27. The van der Waals surface area contributed by atoms with Crippen molar-refractivity contribution in [1.29, 1.82) is 0 Å². The molecular formula is C12H13N3O. The van der Waals surface area contributed by atoms with Gasteiger partial charge in [0.1, 0.15) is 5.69 Å². The minimum atomic E-state index is -0.0719. The second-order valence-electron chi connectivity index (χ2n) is 3.57. The van der Waals surface area contributed by atoms with E-state index in [0.29, 0.717) is 5.69 Å². The Labute approximate surface area is 93.6 Å². The third kappa shape index (κ3) is 1.82. The van der Waals surface area contributed by atoms with E-state index in [2.05, 4.69) is 10.3 Å². The third-order valence-corrected chi connectivity index (χ3v) is 2.36. The molecular weight excluding hydrogens is 202 g/mol. The molecule has 0 saturated carbocycles. The number of nitrogens with zero attached hydrogens (tertiary/aromatic N) is 2. The Morgan fingerprint density at radius 3 is 2.88 bits per heavy atom. The van der Waals surface area contributed by atoms with E-state index in [4.69, 9.17) is 0 Å². The molecule has 16 heavy (non-hydrogen) atoms. The summed E-state index contributed by atoms with van der Waals surface area (Å²) in [7, 11) is 1.73. The van der Waals surface area contributed by atoms with Crippen LogP contribution in [0.15, 0.2) is 41.6 Å². The number of nitrogens with one attached hydrogen (secondary N) is 1. The second-order valence-corrected chi connectivity index (χ2v) is 3.57. The SMILES string of the molecule is CNc1cccn(-c2cncc(C)c2)c1=O. The molecule has 4 heteroatoms. The molecule has 2 aromatic rings. The van der Waals surface area contributed by atoms with E-state index in [1.54, 1.807) is 36.3 Å². The van der Waals surface area contributed by atoms with Gasteiger partial charge in [0.25, 0.3) is 5.56 Å². The molecule has 0 aliphatic carbocycles. The highest BCUT2D eigenvalue weighted by atomic mass is 16.1. The maximum Gasteiger partial charge on any atom is 0.278 e. The van der Waals surface area contributed by atoms with Gasteiger partial charge in [0.2, 0.25) is 0 Å². The highest BCUT2D eigenvalue weighted by molar-refractivity contribution is 5.43. The van der Waals surface area contributed by atoms with Crippen LogP contribution in [0, 0.1) is 6.92 Å². The van der Waals surface area contributed by atoms with Crippen molar-refractivity contribution in [1.82, 2.24) is 9.55 Å². The predicted octanol–water partition coefficient (Wildman–Crippen LogP) is 1.58. The number of anilines is 1. The Kier molecular flexibility index (Phi) is 2.72. The van der Waals surface area contributed by atoms with Crippen molar-refractivity contribution in [3.63, 3.8) is 0 Å². The molecule has 0 aliphatic heterocycles. The molecule has 0 spiro atoms. The van der Waals surface area contributed by atoms with Crippen LogP contribution in [0.5, 0.6) is 0 Å². The molecule has 0 aromatic carbocycles. The van der Waals surface area contributed by atoms with Gasteiger partial charge in [0, 0.05) is 19.4 Å². The summed E-state index contributed by atoms with van der Waals surface area (Å²) < 4.78 is 1.58. The van der Waals surface area contributed by atoms with Crippen molar-refractivity contribution in [2.45, 2.75) is 6.92 Å². The fourth-order valence-corrected chi connectivity index (χ4v) is 1.56. The topological polar surface area (TPSA) is 46.9 Å². The molecule has 2 heterocycles. The van der Waals surface area contributed by atoms with E-state index >= 15 is 0 Å². The standard InChI is InChI=1S/C12H13N3O/c1-9-6-10(8-14-7-9)15-5-3-4-11(13-2)12(15)16/h3-8,13H,1-2H3. The van der Waals surface area contributed by atoms with Crippen LogP contribution in [0.2, 0.25) is 0 Å². The first-order valence-corrected chi connectivity index (χ1v) is 5.04. The Morgan fingerprint density at radius 2 is 2.19 bits per heavy atom. The highest BCUT2D eigenvalue weighted by Crippen LogP contribution is 2.07. The lowest BCUT2D eigenvalue weighted by atomic mass is 10.3. The van der Waals surface area contributed by atoms with Crippen LogP contribution in [-0.2, 0) is 0 Å². The quantitative estimate of drug-likeness (QED) is 0.827. The van der Waals surface area contributed by atoms with Crippen molar-refractivity contribution in [2.75, 3.05) is 12.4 Å². The summed E-state index contributed by atoms with van der Waals surface area (Å²) in [4.78, 5) is 16.1. The fourth-order valence-electron chi connectivity index (χ4n) is 1.56. The molecule has 4 nitrogen and oxygen atoms in total. The van der Waals surface area contributed by atoms with Gasteiger partial charge >= 0.3 is 0 Å². The molecule has 0 saturated heterocycles. The first-order valence-electron chi connectivity index (χ1n) is 5.04. The second kappa shape index (κ2) is 4.18. The molecule has 0 aliphatic rings. The van der Waals surface area contributed by atoms with Crippen molar-refractivity contribution in [2.24, 2.45) is 0 Å². The number of aromatic nitrogens is 2. The van der Waals surface area contributed by atoms with Crippen LogP contribution >= 0.6 is 0 Å². The first-order chi connectivity index (χ1) is 7.72. The van der Waals surface area contributed by atoms with Gasteiger partial charge in [0.05, 0.1) is 11.9 Å². The molecule has 2 rings (SSSR count). The summed E-state index contributed by atoms with van der Waals surface area (Å²) in [5.74, 6) is 0. The largest absolute Gasteiger partial charge is 0.384 e. The van der Waals surface area contributed by atoms with Gasteiger partial charge in [-0.15, -0.1) is 0 Å². The van der Waals surface area contributed by atoms with Gasteiger partial charge in [-0.2, -0.15) is 0 Å². The van der Waals surface area contributed by atoms with E-state index in [1.807, 2.05) is 19.1 Å². The van der Waals surface area contributed by atoms with E-state index < -0.39 is 0 Å².